The number of hydrogen-bond donors (Lipinski definition) is 0. The normalized spacial score (nSPS) is 16.6. The average Bonchev–Trinajstić information content (AvgIpc) is 3.15. The average molecular weight is 506 g/mol. The minimum atomic E-state index is -4.40. The SMILES string of the molecule is CCCCC1CN(CC(F)(F)F)C(=O)CN1Cc1cncn1Cc1ccc(C#N)cc1.Cl.Cl. The second kappa shape index (κ2) is 12.8. The van der Waals surface area contributed by atoms with Crippen LogP contribution in [0.1, 0.15) is 43.0 Å². The molecular weight excluding hydrogens is 478 g/mol. The predicted molar refractivity (Wildman–Crippen MR) is 123 cm³/mol. The second-order valence-corrected chi connectivity index (χ2v) is 7.91. The van der Waals surface area contributed by atoms with Gasteiger partial charge in [0.15, 0.2) is 0 Å². The molecule has 1 aliphatic rings. The van der Waals surface area contributed by atoms with Gasteiger partial charge in [0.05, 0.1) is 30.2 Å². The smallest absolute Gasteiger partial charge is 0.331 e. The Morgan fingerprint density at radius 2 is 1.88 bits per heavy atom. The lowest BCUT2D eigenvalue weighted by atomic mass is 10.0. The number of halogens is 5. The first-order valence-corrected chi connectivity index (χ1v) is 10.4. The van der Waals surface area contributed by atoms with Crippen molar-refractivity contribution in [1.29, 1.82) is 5.26 Å². The topological polar surface area (TPSA) is 65.2 Å². The number of nitriles is 1. The number of alkyl halides is 3. The van der Waals surface area contributed by atoms with Crippen LogP contribution in [-0.4, -0.2) is 57.1 Å². The number of hydrogen-bond acceptors (Lipinski definition) is 4. The number of carbonyl (C=O) groups is 1. The standard InChI is InChI=1S/C22H26F3N5O.2ClH/c1-2-3-4-19-12-29(15-22(23,24)25)21(31)14-28(19)13-20-10-27-16-30(20)11-18-7-5-17(9-26)6-8-18;;/h5-8,10,16,19H,2-4,11-15H2,1H3;2*1H. The summed E-state index contributed by atoms with van der Waals surface area (Å²) in [6.07, 6.45) is 1.60. The van der Waals surface area contributed by atoms with Crippen molar-refractivity contribution in [2.24, 2.45) is 0 Å². The van der Waals surface area contributed by atoms with Gasteiger partial charge in [0.25, 0.3) is 0 Å². The van der Waals surface area contributed by atoms with Crippen LogP contribution in [0.3, 0.4) is 0 Å². The molecule has 0 spiro atoms. The van der Waals surface area contributed by atoms with Crippen LogP contribution in [0, 0.1) is 11.3 Å². The van der Waals surface area contributed by atoms with Crippen LogP contribution in [0.25, 0.3) is 0 Å². The van der Waals surface area contributed by atoms with Crippen LogP contribution in [-0.2, 0) is 17.9 Å². The summed E-state index contributed by atoms with van der Waals surface area (Å²) in [4.78, 5) is 19.5. The van der Waals surface area contributed by atoms with Gasteiger partial charge < -0.3 is 9.47 Å². The highest BCUT2D eigenvalue weighted by molar-refractivity contribution is 5.85. The largest absolute Gasteiger partial charge is 0.406 e. The Labute approximate surface area is 204 Å². The molecule has 0 bridgehead atoms. The fraction of sp³-hybridized carbons (Fsp3) is 0.500. The van der Waals surface area contributed by atoms with Crippen molar-refractivity contribution < 1.29 is 18.0 Å². The number of aromatic nitrogens is 2. The molecular formula is C22H28Cl2F3N5O. The highest BCUT2D eigenvalue weighted by Crippen LogP contribution is 2.23. The van der Waals surface area contributed by atoms with Gasteiger partial charge in [0, 0.05) is 31.9 Å². The fourth-order valence-electron chi connectivity index (χ4n) is 3.85. The van der Waals surface area contributed by atoms with Gasteiger partial charge in [-0.25, -0.2) is 4.98 Å². The number of nitrogens with zero attached hydrogens (tertiary/aromatic N) is 5. The Kier molecular flexibility index (Phi) is 11.2. The molecule has 0 saturated carbocycles. The molecule has 1 fully saturated rings. The summed E-state index contributed by atoms with van der Waals surface area (Å²) in [5, 5.41) is 8.94. The van der Waals surface area contributed by atoms with Gasteiger partial charge in [-0.05, 0) is 24.1 Å². The molecule has 33 heavy (non-hydrogen) atoms. The third kappa shape index (κ3) is 8.22. The minimum absolute atomic E-state index is 0. The van der Waals surface area contributed by atoms with Crippen LogP contribution >= 0.6 is 24.8 Å². The van der Waals surface area contributed by atoms with Crippen molar-refractivity contribution >= 4 is 30.7 Å². The molecule has 0 radical (unpaired) electrons. The van der Waals surface area contributed by atoms with Gasteiger partial charge in [-0.2, -0.15) is 18.4 Å². The first kappa shape index (κ1) is 28.8. The zero-order chi connectivity index (χ0) is 22.4. The molecule has 11 heteroatoms. The molecule has 1 atom stereocenters. The maximum Gasteiger partial charge on any atom is 0.406 e. The lowest BCUT2D eigenvalue weighted by Crippen LogP contribution is -2.57. The van der Waals surface area contributed by atoms with E-state index in [-0.39, 0.29) is 43.9 Å². The Hall–Kier alpha value is -2.28. The van der Waals surface area contributed by atoms with Crippen molar-refractivity contribution in [3.05, 3.63) is 53.6 Å². The number of benzene rings is 1. The summed E-state index contributed by atoms with van der Waals surface area (Å²) in [5.74, 6) is -0.497. The maximum absolute atomic E-state index is 12.9. The zero-order valence-electron chi connectivity index (χ0n) is 18.3. The monoisotopic (exact) mass is 505 g/mol. The number of rotatable bonds is 8. The molecule has 1 aliphatic heterocycles. The van der Waals surface area contributed by atoms with E-state index < -0.39 is 18.6 Å². The van der Waals surface area contributed by atoms with Crippen molar-refractivity contribution in [3.63, 3.8) is 0 Å². The van der Waals surface area contributed by atoms with Crippen molar-refractivity contribution in [2.75, 3.05) is 19.6 Å². The summed E-state index contributed by atoms with van der Waals surface area (Å²) < 4.78 is 40.6. The molecule has 0 N–H and O–H groups in total. The molecule has 1 aromatic carbocycles. The van der Waals surface area contributed by atoms with E-state index >= 15 is 0 Å². The van der Waals surface area contributed by atoms with Crippen molar-refractivity contribution in [2.45, 2.75) is 51.5 Å². The lowest BCUT2D eigenvalue weighted by molar-refractivity contribution is -0.168. The highest BCUT2D eigenvalue weighted by Gasteiger charge is 2.38. The second-order valence-electron chi connectivity index (χ2n) is 7.91. The first-order chi connectivity index (χ1) is 14.8. The fourth-order valence-corrected chi connectivity index (χ4v) is 3.85. The molecule has 2 heterocycles. The van der Waals surface area contributed by atoms with Gasteiger partial charge in [-0.3, -0.25) is 9.69 Å². The summed E-state index contributed by atoms with van der Waals surface area (Å²) in [6.45, 7) is 1.89. The maximum atomic E-state index is 12.9. The molecule has 6 nitrogen and oxygen atoms in total. The molecule has 1 saturated heterocycles. The van der Waals surface area contributed by atoms with Gasteiger partial charge >= 0.3 is 6.18 Å². The Bertz CT molecular complexity index is 927. The van der Waals surface area contributed by atoms with E-state index in [0.29, 0.717) is 18.7 Å². The number of unbranched alkanes of at least 4 members (excludes halogenated alkanes) is 1. The van der Waals surface area contributed by atoms with Crippen LogP contribution in [0.2, 0.25) is 0 Å². The van der Waals surface area contributed by atoms with Crippen molar-refractivity contribution in [1.82, 2.24) is 19.4 Å². The molecule has 3 rings (SSSR count). The summed E-state index contributed by atoms with van der Waals surface area (Å²) in [6, 6.07) is 9.24. The summed E-state index contributed by atoms with van der Waals surface area (Å²) in [5.41, 5.74) is 2.48. The number of piperazine rings is 1. The molecule has 2 aromatic rings. The van der Waals surface area contributed by atoms with E-state index in [1.807, 2.05) is 28.5 Å². The van der Waals surface area contributed by atoms with E-state index in [1.165, 1.54) is 0 Å². The number of carbonyl (C=O) groups excluding carboxylic acids is 1. The van der Waals surface area contributed by atoms with Crippen molar-refractivity contribution in [3.8, 4) is 6.07 Å². The lowest BCUT2D eigenvalue weighted by Gasteiger charge is -2.41. The van der Waals surface area contributed by atoms with E-state index in [4.69, 9.17) is 5.26 Å². The molecule has 1 aromatic heterocycles. The summed E-state index contributed by atoms with van der Waals surface area (Å²) >= 11 is 0. The van der Waals surface area contributed by atoms with Gasteiger partial charge in [-0.1, -0.05) is 31.9 Å². The van der Waals surface area contributed by atoms with Gasteiger partial charge in [0.1, 0.15) is 6.54 Å². The van der Waals surface area contributed by atoms with E-state index in [0.717, 1.165) is 35.4 Å². The third-order valence-electron chi connectivity index (χ3n) is 5.50. The van der Waals surface area contributed by atoms with Crippen LogP contribution < -0.4 is 0 Å². The van der Waals surface area contributed by atoms with Crippen LogP contribution in [0.15, 0.2) is 36.8 Å². The number of amides is 1. The predicted octanol–water partition coefficient (Wildman–Crippen LogP) is 4.41. The Morgan fingerprint density at radius 1 is 1.18 bits per heavy atom. The quantitative estimate of drug-likeness (QED) is 0.532. The van der Waals surface area contributed by atoms with Gasteiger partial charge in [0.2, 0.25) is 5.91 Å². The Balaban J connectivity index is 0.00000272. The van der Waals surface area contributed by atoms with E-state index in [2.05, 4.69) is 11.1 Å². The van der Waals surface area contributed by atoms with E-state index in [1.54, 1.807) is 24.7 Å². The summed E-state index contributed by atoms with van der Waals surface area (Å²) in [7, 11) is 0. The molecule has 0 aliphatic carbocycles. The Morgan fingerprint density at radius 3 is 2.48 bits per heavy atom. The van der Waals surface area contributed by atoms with Crippen LogP contribution in [0.5, 0.6) is 0 Å². The first-order valence-electron chi connectivity index (χ1n) is 10.4. The zero-order valence-corrected chi connectivity index (χ0v) is 19.9. The number of imidazole rings is 1. The van der Waals surface area contributed by atoms with E-state index in [9.17, 15) is 18.0 Å². The molecule has 1 amide bonds. The minimum Gasteiger partial charge on any atom is -0.331 e. The van der Waals surface area contributed by atoms with Gasteiger partial charge in [-0.15, -0.1) is 24.8 Å². The molecule has 182 valence electrons. The third-order valence-corrected chi connectivity index (χ3v) is 5.50. The van der Waals surface area contributed by atoms with Crippen LogP contribution in [0.4, 0.5) is 13.2 Å². The molecule has 1 unspecified atom stereocenters. The highest BCUT2D eigenvalue weighted by atomic mass is 35.5.